The van der Waals surface area contributed by atoms with Crippen molar-refractivity contribution in [3.63, 3.8) is 0 Å². The summed E-state index contributed by atoms with van der Waals surface area (Å²) in [7, 11) is 0. The van der Waals surface area contributed by atoms with E-state index in [1.807, 2.05) is 18.2 Å². The number of nitrogens with one attached hydrogen (secondary N) is 1. The fourth-order valence-electron chi connectivity index (χ4n) is 1.77. The average molecular weight is 214 g/mol. The number of fused-ring (bicyclic) bond motifs is 1. The first-order valence-electron chi connectivity index (χ1n) is 5.31. The number of hydrogen-bond acceptors (Lipinski definition) is 2. The van der Waals surface area contributed by atoms with E-state index in [9.17, 15) is 4.79 Å². The first kappa shape index (κ1) is 10.6. The summed E-state index contributed by atoms with van der Waals surface area (Å²) < 4.78 is 0. The molecule has 3 nitrogen and oxygen atoms in total. The lowest BCUT2D eigenvalue weighted by molar-refractivity contribution is -0.119. The van der Waals surface area contributed by atoms with Crippen LogP contribution in [0.3, 0.4) is 0 Å². The quantitative estimate of drug-likeness (QED) is 0.659. The van der Waals surface area contributed by atoms with Crippen molar-refractivity contribution in [3.8, 4) is 0 Å². The number of amides is 1. The van der Waals surface area contributed by atoms with Gasteiger partial charge in [0, 0.05) is 30.5 Å². The fourth-order valence-corrected chi connectivity index (χ4v) is 1.77. The van der Waals surface area contributed by atoms with Crippen LogP contribution in [0, 0.1) is 5.92 Å². The highest BCUT2D eigenvalue weighted by molar-refractivity contribution is 5.84. The molecule has 3 aliphatic rings. The van der Waals surface area contributed by atoms with Gasteiger partial charge in [-0.15, -0.1) is 0 Å². The van der Waals surface area contributed by atoms with Crippen molar-refractivity contribution in [1.29, 1.82) is 0 Å². The minimum Gasteiger partial charge on any atom is -0.329 e. The minimum absolute atomic E-state index is 0.167. The average Bonchev–Trinajstić information content (AvgIpc) is 2.86. The van der Waals surface area contributed by atoms with Crippen LogP contribution in [0.1, 0.15) is 12.8 Å². The Labute approximate surface area is 95.0 Å². The maximum absolute atomic E-state index is 10.8. The third-order valence-electron chi connectivity index (χ3n) is 2.60. The number of carbonyl (C=O) groups excluding carboxylic acids is 1. The van der Waals surface area contributed by atoms with Crippen LogP contribution >= 0.6 is 0 Å². The normalized spacial score (nSPS) is 24.8. The van der Waals surface area contributed by atoms with Crippen LogP contribution in [0.4, 0.5) is 0 Å². The molecule has 1 unspecified atom stereocenters. The Morgan fingerprint density at radius 2 is 2.38 bits per heavy atom. The molecule has 2 aliphatic heterocycles. The van der Waals surface area contributed by atoms with E-state index >= 15 is 0 Å². The standard InChI is InChI=1S/C8H9NO.C5H5N/c10-8-5-6-3-1-2-4-7(6)9-8;1-5-2-3-6-4-5/h1-2,4,6H,3,5H2,(H,9,10);2-4H,1H2. The molecule has 3 heteroatoms. The first-order chi connectivity index (χ1) is 7.75. The third-order valence-corrected chi connectivity index (χ3v) is 2.60. The predicted molar refractivity (Wildman–Crippen MR) is 64.9 cm³/mol. The lowest BCUT2D eigenvalue weighted by atomic mass is 9.97. The molecule has 16 heavy (non-hydrogen) atoms. The lowest BCUT2D eigenvalue weighted by Gasteiger charge is -2.09. The van der Waals surface area contributed by atoms with E-state index in [2.05, 4.69) is 23.0 Å². The number of hydrogen-bond donors (Lipinski definition) is 1. The van der Waals surface area contributed by atoms with Gasteiger partial charge in [0.1, 0.15) is 0 Å². The summed E-state index contributed by atoms with van der Waals surface area (Å²) in [6.07, 6.45) is 13.1. The van der Waals surface area contributed by atoms with Gasteiger partial charge in [-0.3, -0.25) is 9.79 Å². The third kappa shape index (κ3) is 2.57. The van der Waals surface area contributed by atoms with Gasteiger partial charge in [-0.05, 0) is 24.1 Å². The van der Waals surface area contributed by atoms with Crippen LogP contribution in [-0.2, 0) is 4.79 Å². The van der Waals surface area contributed by atoms with Gasteiger partial charge in [0.15, 0.2) is 0 Å². The van der Waals surface area contributed by atoms with E-state index in [0.29, 0.717) is 12.3 Å². The summed E-state index contributed by atoms with van der Waals surface area (Å²) in [5.41, 5.74) is 2.09. The van der Waals surface area contributed by atoms with Gasteiger partial charge in [0.25, 0.3) is 0 Å². The lowest BCUT2D eigenvalue weighted by Crippen LogP contribution is -2.12. The van der Waals surface area contributed by atoms with E-state index in [4.69, 9.17) is 0 Å². The zero-order chi connectivity index (χ0) is 11.4. The Kier molecular flexibility index (Phi) is 3.15. The molecule has 1 saturated heterocycles. The molecule has 0 saturated carbocycles. The maximum Gasteiger partial charge on any atom is 0.224 e. The van der Waals surface area contributed by atoms with Crippen molar-refractivity contribution < 1.29 is 4.79 Å². The molecular formula is C13H14N2O. The molecule has 0 aromatic rings. The molecule has 3 rings (SSSR count). The van der Waals surface area contributed by atoms with Crippen molar-refractivity contribution in [2.24, 2.45) is 10.9 Å². The maximum atomic E-state index is 10.8. The summed E-state index contributed by atoms with van der Waals surface area (Å²) in [5, 5.41) is 2.83. The second kappa shape index (κ2) is 4.75. The zero-order valence-corrected chi connectivity index (χ0v) is 9.02. The Hall–Kier alpha value is -1.90. The van der Waals surface area contributed by atoms with Crippen LogP contribution < -0.4 is 5.32 Å². The summed E-state index contributed by atoms with van der Waals surface area (Å²) in [5.74, 6) is 0.623. The molecule has 1 amide bonds. The van der Waals surface area contributed by atoms with Gasteiger partial charge in [-0.2, -0.15) is 0 Å². The van der Waals surface area contributed by atoms with Crippen LogP contribution in [0.15, 0.2) is 53.3 Å². The summed E-state index contributed by atoms with van der Waals surface area (Å²) in [6.45, 7) is 3.62. The van der Waals surface area contributed by atoms with E-state index in [0.717, 1.165) is 17.7 Å². The Morgan fingerprint density at radius 3 is 2.94 bits per heavy atom. The molecule has 1 aliphatic carbocycles. The SMILES string of the molecule is C=C1C=CN=C1.O=C1CC2CC=CC=C2N1. The second-order valence-corrected chi connectivity index (χ2v) is 3.90. The van der Waals surface area contributed by atoms with Crippen LogP contribution in [-0.4, -0.2) is 12.1 Å². The Bertz CT molecular complexity index is 413. The van der Waals surface area contributed by atoms with E-state index in [-0.39, 0.29) is 5.91 Å². The van der Waals surface area contributed by atoms with Gasteiger partial charge >= 0.3 is 0 Å². The zero-order valence-electron chi connectivity index (χ0n) is 9.02. The van der Waals surface area contributed by atoms with Crippen LogP contribution in [0.25, 0.3) is 0 Å². The number of rotatable bonds is 0. The smallest absolute Gasteiger partial charge is 0.224 e. The Balaban J connectivity index is 0.000000138. The first-order valence-corrected chi connectivity index (χ1v) is 5.31. The van der Waals surface area contributed by atoms with Gasteiger partial charge < -0.3 is 5.32 Å². The number of aliphatic imine (C=N–C) groups is 1. The van der Waals surface area contributed by atoms with E-state index < -0.39 is 0 Å². The summed E-state index contributed by atoms with van der Waals surface area (Å²) >= 11 is 0. The molecule has 0 spiro atoms. The summed E-state index contributed by atoms with van der Waals surface area (Å²) in [6, 6.07) is 0. The van der Waals surface area contributed by atoms with Gasteiger partial charge in [0.05, 0.1) is 0 Å². The van der Waals surface area contributed by atoms with Crippen molar-refractivity contribution >= 4 is 12.1 Å². The van der Waals surface area contributed by atoms with Crippen molar-refractivity contribution in [2.75, 3.05) is 0 Å². The second-order valence-electron chi connectivity index (χ2n) is 3.90. The number of nitrogens with zero attached hydrogens (tertiary/aromatic N) is 1. The molecule has 82 valence electrons. The van der Waals surface area contributed by atoms with Crippen molar-refractivity contribution in [2.45, 2.75) is 12.8 Å². The minimum atomic E-state index is 0.167. The highest BCUT2D eigenvalue weighted by atomic mass is 16.1. The van der Waals surface area contributed by atoms with E-state index in [1.165, 1.54) is 0 Å². The Morgan fingerprint density at radius 1 is 1.50 bits per heavy atom. The molecular weight excluding hydrogens is 200 g/mol. The molecule has 2 heterocycles. The van der Waals surface area contributed by atoms with Crippen molar-refractivity contribution in [3.05, 3.63) is 48.4 Å². The molecule has 0 radical (unpaired) electrons. The predicted octanol–water partition coefficient (Wildman–Crippen LogP) is 2.11. The molecule has 0 aromatic carbocycles. The molecule has 1 fully saturated rings. The van der Waals surface area contributed by atoms with Crippen molar-refractivity contribution in [1.82, 2.24) is 5.32 Å². The van der Waals surface area contributed by atoms with Crippen LogP contribution in [0.2, 0.25) is 0 Å². The number of carbonyl (C=O) groups is 1. The molecule has 1 N–H and O–H groups in total. The fraction of sp³-hybridized carbons (Fsp3) is 0.231. The van der Waals surface area contributed by atoms with E-state index in [1.54, 1.807) is 12.4 Å². The largest absolute Gasteiger partial charge is 0.329 e. The van der Waals surface area contributed by atoms with Gasteiger partial charge in [-0.25, -0.2) is 0 Å². The highest BCUT2D eigenvalue weighted by Gasteiger charge is 2.26. The van der Waals surface area contributed by atoms with Gasteiger partial charge in [-0.1, -0.05) is 18.7 Å². The molecule has 1 atom stereocenters. The highest BCUT2D eigenvalue weighted by Crippen LogP contribution is 2.26. The molecule has 0 aromatic heterocycles. The number of allylic oxidation sites excluding steroid dienone is 6. The van der Waals surface area contributed by atoms with Gasteiger partial charge in [0.2, 0.25) is 5.91 Å². The topological polar surface area (TPSA) is 41.5 Å². The summed E-state index contributed by atoms with van der Waals surface area (Å²) in [4.78, 5) is 14.6. The van der Waals surface area contributed by atoms with Crippen LogP contribution in [0.5, 0.6) is 0 Å². The monoisotopic (exact) mass is 214 g/mol. The molecule has 0 bridgehead atoms.